The molecule has 0 N–H and O–H groups in total. The average molecular weight is 749 g/mol. The fourth-order valence-corrected chi connectivity index (χ4v) is 10.6. The Morgan fingerprint density at radius 2 is 0.946 bits per heavy atom. The molecule has 0 fully saturated rings. The lowest BCUT2D eigenvalue weighted by molar-refractivity contribution is 1.08. The van der Waals surface area contributed by atoms with Crippen LogP contribution in [0.1, 0.15) is 0 Å². The maximum absolute atomic E-state index is 5.35. The number of thiophene rings is 2. The number of pyridine rings is 1. The summed E-state index contributed by atoms with van der Waals surface area (Å²) < 4.78 is 4.99. The Kier molecular flexibility index (Phi) is 6.93. The maximum Gasteiger partial charge on any atom is 0.164 e. The lowest BCUT2D eigenvalue weighted by Gasteiger charge is -2.14. The molecule has 0 amide bonds. The van der Waals surface area contributed by atoms with Crippen LogP contribution in [-0.2, 0) is 0 Å². The number of benzene rings is 8. The van der Waals surface area contributed by atoms with E-state index in [2.05, 4.69) is 170 Å². The van der Waals surface area contributed by atoms with Crippen LogP contribution in [0.2, 0.25) is 0 Å². The van der Waals surface area contributed by atoms with E-state index in [1.165, 1.54) is 51.1 Å². The molecular weight excluding hydrogens is 721 g/mol. The van der Waals surface area contributed by atoms with Crippen LogP contribution in [0.3, 0.4) is 0 Å². The van der Waals surface area contributed by atoms with Gasteiger partial charge in [-0.3, -0.25) is 0 Å². The summed E-state index contributed by atoms with van der Waals surface area (Å²) in [5.41, 5.74) is 5.87. The predicted octanol–water partition coefficient (Wildman–Crippen LogP) is 14.1. The summed E-state index contributed by atoms with van der Waals surface area (Å²) in [4.78, 5) is 21.2. The standard InChI is InChI=1S/C50H28N4S2/c1-2-12-30(13-3-1)47-36-24-26-43-46(35-16-7-9-19-41(35)56-43)45(36)38-28-33(23-25-39(38)51-47)49-52-48(32-22-21-29-11-4-5-14-31(29)27-32)53-50(54-49)37-17-10-20-42-44(37)34-15-6-8-18-40(34)55-42/h1-28H. The summed E-state index contributed by atoms with van der Waals surface area (Å²) in [7, 11) is 0. The Morgan fingerprint density at radius 1 is 0.321 bits per heavy atom. The Hall–Kier alpha value is -6.86. The second-order valence-electron chi connectivity index (χ2n) is 14.2. The molecular formula is C50H28N4S2. The summed E-state index contributed by atoms with van der Waals surface area (Å²) in [5.74, 6) is 1.92. The van der Waals surface area contributed by atoms with Crippen molar-refractivity contribution in [3.05, 3.63) is 170 Å². The van der Waals surface area contributed by atoms with Gasteiger partial charge < -0.3 is 0 Å². The third-order valence-corrected chi connectivity index (χ3v) is 13.2. The van der Waals surface area contributed by atoms with Crippen LogP contribution in [0.4, 0.5) is 0 Å². The molecule has 12 aromatic rings. The molecule has 0 unspecified atom stereocenters. The molecule has 260 valence electrons. The van der Waals surface area contributed by atoms with Crippen LogP contribution >= 0.6 is 22.7 Å². The molecule has 0 atom stereocenters. The first-order valence-electron chi connectivity index (χ1n) is 18.6. The van der Waals surface area contributed by atoms with Crippen molar-refractivity contribution in [1.29, 1.82) is 0 Å². The summed E-state index contributed by atoms with van der Waals surface area (Å²) in [5, 5.41) is 10.6. The molecule has 4 aromatic heterocycles. The van der Waals surface area contributed by atoms with Gasteiger partial charge in [0.05, 0.1) is 11.2 Å². The number of aromatic nitrogens is 4. The number of hydrogen-bond donors (Lipinski definition) is 0. The Labute approximate surface area is 329 Å². The van der Waals surface area contributed by atoms with Crippen LogP contribution in [0.15, 0.2) is 170 Å². The lowest BCUT2D eigenvalue weighted by atomic mass is 9.95. The van der Waals surface area contributed by atoms with Crippen molar-refractivity contribution in [2.24, 2.45) is 0 Å². The first-order valence-corrected chi connectivity index (χ1v) is 20.3. The van der Waals surface area contributed by atoms with Gasteiger partial charge in [-0.05, 0) is 59.3 Å². The fourth-order valence-electron chi connectivity index (χ4n) is 8.31. The van der Waals surface area contributed by atoms with Crippen molar-refractivity contribution in [2.75, 3.05) is 0 Å². The van der Waals surface area contributed by atoms with E-state index in [9.17, 15) is 0 Å². The molecule has 8 aromatic carbocycles. The van der Waals surface area contributed by atoms with E-state index < -0.39 is 0 Å². The zero-order valence-corrected chi connectivity index (χ0v) is 31.4. The zero-order chi connectivity index (χ0) is 36.7. The molecule has 56 heavy (non-hydrogen) atoms. The smallest absolute Gasteiger partial charge is 0.164 e. The van der Waals surface area contributed by atoms with Crippen molar-refractivity contribution in [2.45, 2.75) is 0 Å². The van der Waals surface area contributed by atoms with E-state index in [1.54, 1.807) is 11.3 Å². The minimum Gasteiger partial charge on any atom is -0.247 e. The van der Waals surface area contributed by atoms with Gasteiger partial charge in [0, 0.05) is 78.8 Å². The summed E-state index contributed by atoms with van der Waals surface area (Å²) in [6, 6.07) is 60.2. The number of hydrogen-bond acceptors (Lipinski definition) is 6. The molecule has 0 aliphatic rings. The average Bonchev–Trinajstić information content (AvgIpc) is 3.84. The quantitative estimate of drug-likeness (QED) is 0.168. The molecule has 0 saturated heterocycles. The van der Waals surface area contributed by atoms with Gasteiger partial charge in [0.25, 0.3) is 0 Å². The van der Waals surface area contributed by atoms with Crippen molar-refractivity contribution in [1.82, 2.24) is 19.9 Å². The topological polar surface area (TPSA) is 51.6 Å². The molecule has 4 heterocycles. The molecule has 0 aliphatic heterocycles. The van der Waals surface area contributed by atoms with E-state index in [0.717, 1.165) is 49.6 Å². The fraction of sp³-hybridized carbons (Fsp3) is 0. The molecule has 0 bridgehead atoms. The predicted molar refractivity (Wildman–Crippen MR) is 238 cm³/mol. The van der Waals surface area contributed by atoms with Crippen molar-refractivity contribution in [3.63, 3.8) is 0 Å². The van der Waals surface area contributed by atoms with Crippen LogP contribution in [0, 0.1) is 0 Å². The lowest BCUT2D eigenvalue weighted by Crippen LogP contribution is -2.01. The van der Waals surface area contributed by atoms with Crippen LogP contribution in [-0.4, -0.2) is 19.9 Å². The van der Waals surface area contributed by atoms with Crippen LogP contribution in [0.5, 0.6) is 0 Å². The van der Waals surface area contributed by atoms with Gasteiger partial charge in [0.2, 0.25) is 0 Å². The van der Waals surface area contributed by atoms with E-state index in [1.807, 2.05) is 11.3 Å². The van der Waals surface area contributed by atoms with Crippen molar-refractivity contribution >= 4 is 95.5 Å². The SMILES string of the molecule is c1ccc(-c2nc3ccc(-c4nc(-c5ccc6ccccc6c5)nc(-c5cccc6sc7ccccc7c56)n4)cc3c3c2ccc2sc4ccccc4c23)cc1. The molecule has 6 heteroatoms. The Bertz CT molecular complexity index is 3550. The second-order valence-corrected chi connectivity index (χ2v) is 16.3. The van der Waals surface area contributed by atoms with E-state index in [4.69, 9.17) is 19.9 Å². The van der Waals surface area contributed by atoms with Gasteiger partial charge in [0.1, 0.15) is 0 Å². The zero-order valence-electron chi connectivity index (χ0n) is 29.8. The summed E-state index contributed by atoms with van der Waals surface area (Å²) in [6.07, 6.45) is 0. The molecule has 0 spiro atoms. The third kappa shape index (κ3) is 4.90. The normalized spacial score (nSPS) is 11.9. The number of rotatable bonds is 4. The molecule has 0 aliphatic carbocycles. The molecule has 0 saturated carbocycles. The van der Waals surface area contributed by atoms with Gasteiger partial charge in [0.15, 0.2) is 17.5 Å². The minimum absolute atomic E-state index is 0.624. The highest BCUT2D eigenvalue weighted by Crippen LogP contribution is 2.44. The van der Waals surface area contributed by atoms with Crippen molar-refractivity contribution < 1.29 is 0 Å². The third-order valence-electron chi connectivity index (χ3n) is 10.9. The van der Waals surface area contributed by atoms with Crippen LogP contribution < -0.4 is 0 Å². The molecule has 12 rings (SSSR count). The molecule has 4 nitrogen and oxygen atoms in total. The summed E-state index contributed by atoms with van der Waals surface area (Å²) >= 11 is 3.64. The molecule has 0 radical (unpaired) electrons. The monoisotopic (exact) mass is 748 g/mol. The Morgan fingerprint density at radius 3 is 1.75 bits per heavy atom. The van der Waals surface area contributed by atoms with Gasteiger partial charge in [-0.25, -0.2) is 19.9 Å². The van der Waals surface area contributed by atoms with Gasteiger partial charge in [-0.2, -0.15) is 0 Å². The number of nitrogens with zero attached hydrogens (tertiary/aromatic N) is 4. The highest BCUT2D eigenvalue weighted by atomic mass is 32.1. The highest BCUT2D eigenvalue weighted by molar-refractivity contribution is 7.26. The Balaban J connectivity index is 1.15. The highest BCUT2D eigenvalue weighted by Gasteiger charge is 2.20. The minimum atomic E-state index is 0.624. The van der Waals surface area contributed by atoms with E-state index >= 15 is 0 Å². The van der Waals surface area contributed by atoms with E-state index in [0.29, 0.717) is 17.5 Å². The first kappa shape index (κ1) is 31.5. The maximum atomic E-state index is 5.35. The largest absolute Gasteiger partial charge is 0.247 e. The summed E-state index contributed by atoms with van der Waals surface area (Å²) in [6.45, 7) is 0. The van der Waals surface area contributed by atoms with Crippen molar-refractivity contribution in [3.8, 4) is 45.4 Å². The second kappa shape index (κ2) is 12.3. The van der Waals surface area contributed by atoms with Gasteiger partial charge in [-0.1, -0.05) is 121 Å². The van der Waals surface area contributed by atoms with E-state index in [-0.39, 0.29) is 0 Å². The van der Waals surface area contributed by atoms with Crippen LogP contribution in [0.25, 0.3) is 118 Å². The number of fused-ring (bicyclic) bond motifs is 11. The first-order chi connectivity index (χ1) is 27.7. The van der Waals surface area contributed by atoms with Gasteiger partial charge >= 0.3 is 0 Å². The van der Waals surface area contributed by atoms with Gasteiger partial charge in [-0.15, -0.1) is 22.7 Å².